The first-order chi connectivity index (χ1) is 12.3. The van der Waals surface area contributed by atoms with Crippen molar-refractivity contribution in [3.8, 4) is 0 Å². The van der Waals surface area contributed by atoms with Crippen LogP contribution in [-0.2, 0) is 4.79 Å². The molecular formula is C15H20ClF3N4O3S. The molecule has 7 nitrogen and oxygen atoms in total. The van der Waals surface area contributed by atoms with Crippen LogP contribution >= 0.6 is 24.2 Å². The highest BCUT2D eigenvalue weighted by molar-refractivity contribution is 8.00. The molecule has 0 aliphatic carbocycles. The Bertz CT molecular complexity index is 628. The van der Waals surface area contributed by atoms with Crippen molar-refractivity contribution in [1.29, 1.82) is 0 Å². The number of nitro groups is 1. The average Bonchev–Trinajstić information content (AvgIpc) is 2.60. The third kappa shape index (κ3) is 7.53. The number of carbonyl (C=O) groups excluding carboxylic acids is 1. The molecule has 1 heterocycles. The molecule has 1 aromatic rings. The van der Waals surface area contributed by atoms with Gasteiger partial charge in [0, 0.05) is 49.8 Å². The fourth-order valence-electron chi connectivity index (χ4n) is 2.52. The van der Waals surface area contributed by atoms with Gasteiger partial charge in [0.2, 0.25) is 5.91 Å². The second-order valence-electron chi connectivity index (χ2n) is 5.69. The lowest BCUT2D eigenvalue weighted by molar-refractivity contribution is -0.384. The van der Waals surface area contributed by atoms with Crippen LogP contribution in [0.2, 0.25) is 0 Å². The average molecular weight is 429 g/mol. The van der Waals surface area contributed by atoms with E-state index in [2.05, 4.69) is 10.6 Å². The fourth-order valence-corrected chi connectivity index (χ4v) is 3.25. The van der Waals surface area contributed by atoms with Gasteiger partial charge in [-0.3, -0.25) is 19.8 Å². The van der Waals surface area contributed by atoms with E-state index < -0.39 is 29.6 Å². The van der Waals surface area contributed by atoms with Gasteiger partial charge in [-0.15, -0.1) is 24.2 Å². The number of thioether (sulfide) groups is 1. The Balaban J connectivity index is 0.00000364. The highest BCUT2D eigenvalue weighted by Crippen LogP contribution is 2.25. The lowest BCUT2D eigenvalue weighted by Gasteiger charge is -2.35. The van der Waals surface area contributed by atoms with Crippen LogP contribution in [0.1, 0.15) is 0 Å². The lowest BCUT2D eigenvalue weighted by Crippen LogP contribution is -2.57. The van der Waals surface area contributed by atoms with Crippen molar-refractivity contribution in [3.63, 3.8) is 0 Å². The van der Waals surface area contributed by atoms with E-state index in [0.717, 1.165) is 11.8 Å². The summed E-state index contributed by atoms with van der Waals surface area (Å²) in [5, 5.41) is 15.9. The molecule has 1 atom stereocenters. The largest absolute Gasteiger partial charge is 0.405 e. The van der Waals surface area contributed by atoms with Gasteiger partial charge < -0.3 is 10.6 Å². The van der Waals surface area contributed by atoms with Crippen LogP contribution in [0.3, 0.4) is 0 Å². The Morgan fingerprint density at radius 3 is 2.41 bits per heavy atom. The number of benzene rings is 1. The summed E-state index contributed by atoms with van der Waals surface area (Å²) in [6.45, 7) is 1.02. The Hall–Kier alpha value is -1.56. The lowest BCUT2D eigenvalue weighted by atomic mass is 10.2. The minimum Gasteiger partial charge on any atom is -0.353 e. The zero-order chi connectivity index (χ0) is 19.2. The summed E-state index contributed by atoms with van der Waals surface area (Å²) < 4.78 is 39.7. The van der Waals surface area contributed by atoms with Crippen LogP contribution in [0.4, 0.5) is 18.9 Å². The van der Waals surface area contributed by atoms with Gasteiger partial charge in [0.1, 0.15) is 6.04 Å². The number of non-ortho nitro benzene ring substituents is 1. The summed E-state index contributed by atoms with van der Waals surface area (Å²) in [5.41, 5.74) is -0.0668. The third-order valence-corrected chi connectivity index (χ3v) is 4.89. The number of halogens is 4. The zero-order valence-corrected chi connectivity index (χ0v) is 15.8. The molecule has 152 valence electrons. The van der Waals surface area contributed by atoms with Gasteiger partial charge >= 0.3 is 6.18 Å². The molecular weight excluding hydrogens is 409 g/mol. The normalized spacial score (nSPS) is 16.3. The quantitative estimate of drug-likeness (QED) is 0.393. The predicted octanol–water partition coefficient (Wildman–Crippen LogP) is 2.06. The van der Waals surface area contributed by atoms with E-state index in [1.807, 2.05) is 0 Å². The number of piperazine rings is 1. The zero-order valence-electron chi connectivity index (χ0n) is 14.2. The smallest absolute Gasteiger partial charge is 0.353 e. The highest BCUT2D eigenvalue weighted by Gasteiger charge is 2.43. The second-order valence-corrected chi connectivity index (χ2v) is 6.74. The van der Waals surface area contributed by atoms with E-state index in [1.165, 1.54) is 29.2 Å². The molecule has 2 N–H and O–H groups in total. The number of nitrogens with one attached hydrogen (secondary N) is 2. The monoisotopic (exact) mass is 428 g/mol. The van der Waals surface area contributed by atoms with Crippen molar-refractivity contribution in [2.24, 2.45) is 0 Å². The molecule has 1 saturated heterocycles. The molecule has 0 saturated carbocycles. The van der Waals surface area contributed by atoms with Gasteiger partial charge in [0.05, 0.1) is 10.7 Å². The summed E-state index contributed by atoms with van der Waals surface area (Å²) >= 11 is 1.10. The van der Waals surface area contributed by atoms with Gasteiger partial charge in [-0.2, -0.15) is 13.2 Å². The molecule has 0 bridgehead atoms. The maximum Gasteiger partial charge on any atom is 0.405 e. The number of amides is 1. The molecule has 2 rings (SSSR count). The van der Waals surface area contributed by atoms with Gasteiger partial charge in [0.15, 0.2) is 0 Å². The van der Waals surface area contributed by atoms with E-state index in [9.17, 15) is 28.1 Å². The first-order valence-corrected chi connectivity index (χ1v) is 8.91. The molecule has 0 radical (unpaired) electrons. The van der Waals surface area contributed by atoms with Gasteiger partial charge in [-0.1, -0.05) is 0 Å². The van der Waals surface area contributed by atoms with E-state index in [-0.39, 0.29) is 36.9 Å². The minimum atomic E-state index is -4.42. The van der Waals surface area contributed by atoms with Crippen molar-refractivity contribution in [1.82, 2.24) is 15.5 Å². The molecule has 1 unspecified atom stereocenters. The molecule has 0 spiro atoms. The summed E-state index contributed by atoms with van der Waals surface area (Å²) in [5.74, 6) is -0.582. The van der Waals surface area contributed by atoms with Crippen molar-refractivity contribution >= 4 is 35.8 Å². The molecule has 0 aromatic heterocycles. The Labute approximate surface area is 164 Å². The maximum atomic E-state index is 13.2. The number of hydrogen-bond donors (Lipinski definition) is 2. The van der Waals surface area contributed by atoms with Crippen LogP contribution in [0.5, 0.6) is 0 Å². The number of carbonyl (C=O) groups is 1. The molecule has 12 heteroatoms. The molecule has 1 amide bonds. The van der Waals surface area contributed by atoms with E-state index in [0.29, 0.717) is 18.0 Å². The van der Waals surface area contributed by atoms with Gasteiger partial charge in [0.25, 0.3) is 5.69 Å². The predicted molar refractivity (Wildman–Crippen MR) is 98.4 cm³/mol. The molecule has 27 heavy (non-hydrogen) atoms. The maximum absolute atomic E-state index is 13.2. The topological polar surface area (TPSA) is 87.5 Å². The van der Waals surface area contributed by atoms with Crippen molar-refractivity contribution in [2.75, 3.05) is 38.5 Å². The summed E-state index contributed by atoms with van der Waals surface area (Å²) in [6, 6.07) is 3.90. The van der Waals surface area contributed by atoms with Gasteiger partial charge in [-0.05, 0) is 12.1 Å². The van der Waals surface area contributed by atoms with Crippen molar-refractivity contribution in [3.05, 3.63) is 34.4 Å². The van der Waals surface area contributed by atoms with Crippen LogP contribution in [0, 0.1) is 10.1 Å². The van der Waals surface area contributed by atoms with Crippen molar-refractivity contribution in [2.45, 2.75) is 17.1 Å². The Kier molecular flexibility index (Phi) is 9.30. The number of rotatable bonds is 7. The standard InChI is InChI=1S/C15H19F3N4O3S.ClH/c16-15(17,18)13(21-7-5-19-6-8-21)9-20-14(23)10-26-12-3-1-11(2-4-12)22(24)25;/h1-4,13,19H,5-10H2,(H,20,23);1H. The molecule has 1 aromatic carbocycles. The van der Waals surface area contributed by atoms with E-state index in [1.54, 1.807) is 0 Å². The first kappa shape index (κ1) is 23.5. The molecule has 1 fully saturated rings. The second kappa shape index (κ2) is 10.7. The van der Waals surface area contributed by atoms with Crippen LogP contribution in [0.25, 0.3) is 0 Å². The first-order valence-electron chi connectivity index (χ1n) is 7.93. The Morgan fingerprint density at radius 1 is 1.30 bits per heavy atom. The van der Waals surface area contributed by atoms with Gasteiger partial charge in [-0.25, -0.2) is 0 Å². The number of hydrogen-bond acceptors (Lipinski definition) is 6. The highest BCUT2D eigenvalue weighted by atomic mass is 35.5. The minimum absolute atomic E-state index is 0. The third-order valence-electron chi connectivity index (χ3n) is 3.88. The fraction of sp³-hybridized carbons (Fsp3) is 0.533. The summed E-state index contributed by atoms with van der Waals surface area (Å²) in [6.07, 6.45) is -4.42. The summed E-state index contributed by atoms with van der Waals surface area (Å²) in [7, 11) is 0. The Morgan fingerprint density at radius 2 is 1.89 bits per heavy atom. The molecule has 1 aliphatic rings. The summed E-state index contributed by atoms with van der Waals surface area (Å²) in [4.78, 5) is 23.9. The van der Waals surface area contributed by atoms with Crippen LogP contribution in [-0.4, -0.2) is 66.4 Å². The van der Waals surface area contributed by atoms with E-state index >= 15 is 0 Å². The SMILES string of the molecule is Cl.O=C(CSc1ccc([N+](=O)[O-])cc1)NCC(N1CCNCC1)C(F)(F)F. The van der Waals surface area contributed by atoms with Crippen LogP contribution < -0.4 is 10.6 Å². The molecule has 1 aliphatic heterocycles. The number of alkyl halides is 3. The number of nitro benzene ring substituents is 1. The van der Waals surface area contributed by atoms with Crippen molar-refractivity contribution < 1.29 is 22.9 Å². The van der Waals surface area contributed by atoms with E-state index in [4.69, 9.17) is 0 Å². The number of nitrogens with zero attached hydrogens (tertiary/aromatic N) is 2. The van der Waals surface area contributed by atoms with Crippen LogP contribution in [0.15, 0.2) is 29.2 Å².